The molecule has 0 radical (unpaired) electrons. The van der Waals surface area contributed by atoms with Crippen LogP contribution in [-0.4, -0.2) is 58.8 Å². The van der Waals surface area contributed by atoms with Gasteiger partial charge in [-0.05, 0) is 56.4 Å². The Morgan fingerprint density at radius 2 is 1.71 bits per heavy atom. The number of benzene rings is 1. The van der Waals surface area contributed by atoms with Crippen LogP contribution in [0.1, 0.15) is 58.0 Å². The Hall–Kier alpha value is -2.40. The zero-order valence-corrected chi connectivity index (χ0v) is 16.6. The predicted octanol–water partition coefficient (Wildman–Crippen LogP) is 3.32. The molecule has 0 bridgehead atoms. The molecule has 0 atom stereocenters. The minimum atomic E-state index is -0.00358. The van der Waals surface area contributed by atoms with Gasteiger partial charge in [0, 0.05) is 38.3 Å². The van der Waals surface area contributed by atoms with Gasteiger partial charge in [-0.3, -0.25) is 9.59 Å². The van der Waals surface area contributed by atoms with Gasteiger partial charge < -0.3 is 14.4 Å². The van der Waals surface area contributed by atoms with Crippen molar-refractivity contribution >= 4 is 11.7 Å². The molecule has 1 fully saturated rings. The number of carbonyl (C=O) groups is 2. The van der Waals surface area contributed by atoms with E-state index in [4.69, 9.17) is 0 Å². The molecule has 1 amide bonds. The Morgan fingerprint density at radius 3 is 2.46 bits per heavy atom. The number of fused-ring (bicyclic) bond motifs is 1. The molecule has 0 N–H and O–H groups in total. The number of carbonyl (C=O) groups excluding carboxylic acids is 2. The number of hydrogen-bond acceptors (Lipinski definition) is 3. The van der Waals surface area contributed by atoms with Gasteiger partial charge in [-0.15, -0.1) is 0 Å². The Kier molecular flexibility index (Phi) is 5.62. The van der Waals surface area contributed by atoms with Crippen molar-refractivity contribution in [3.8, 4) is 0 Å². The summed E-state index contributed by atoms with van der Waals surface area (Å²) in [6.07, 6.45) is 5.59. The van der Waals surface area contributed by atoms with Gasteiger partial charge in [0.05, 0.1) is 0 Å². The first-order chi connectivity index (χ1) is 13.6. The van der Waals surface area contributed by atoms with Gasteiger partial charge >= 0.3 is 0 Å². The summed E-state index contributed by atoms with van der Waals surface area (Å²) >= 11 is 0. The van der Waals surface area contributed by atoms with Crippen molar-refractivity contribution in [1.29, 1.82) is 0 Å². The highest BCUT2D eigenvalue weighted by Gasteiger charge is 2.29. The Morgan fingerprint density at radius 1 is 0.964 bits per heavy atom. The highest BCUT2D eigenvalue weighted by Crippen LogP contribution is 2.27. The van der Waals surface area contributed by atoms with Crippen LogP contribution in [0.15, 0.2) is 42.6 Å². The monoisotopic (exact) mass is 379 g/mol. The highest BCUT2D eigenvalue weighted by molar-refractivity contribution is 6.08. The van der Waals surface area contributed by atoms with Crippen molar-refractivity contribution in [2.45, 2.75) is 31.6 Å². The first kappa shape index (κ1) is 18.9. The predicted molar refractivity (Wildman–Crippen MR) is 110 cm³/mol. The van der Waals surface area contributed by atoms with Crippen LogP contribution in [-0.2, 0) is 7.05 Å². The van der Waals surface area contributed by atoms with Crippen LogP contribution in [0, 0.1) is 0 Å². The van der Waals surface area contributed by atoms with Gasteiger partial charge in [-0.25, -0.2) is 0 Å². The van der Waals surface area contributed by atoms with E-state index in [0.717, 1.165) is 32.6 Å². The van der Waals surface area contributed by atoms with Crippen LogP contribution < -0.4 is 0 Å². The number of likely N-dealkylation sites (tertiary alicyclic amines) is 1. The van der Waals surface area contributed by atoms with Crippen molar-refractivity contribution in [2.24, 2.45) is 7.05 Å². The number of aromatic nitrogens is 1. The second-order valence-electron chi connectivity index (χ2n) is 8.03. The van der Waals surface area contributed by atoms with E-state index in [1.54, 1.807) is 16.8 Å². The summed E-state index contributed by atoms with van der Waals surface area (Å²) in [5.41, 5.74) is 2.59. The SMILES string of the molecule is Cn1ccc2c1C(=O)N(CCCN1CCC(c3ccccc3)CC1)CCC2=O. The summed E-state index contributed by atoms with van der Waals surface area (Å²) in [6, 6.07) is 12.6. The number of ketones is 1. The summed E-state index contributed by atoms with van der Waals surface area (Å²) in [6.45, 7) is 4.50. The molecule has 2 aromatic rings. The second-order valence-corrected chi connectivity index (χ2v) is 8.03. The maximum Gasteiger partial charge on any atom is 0.271 e. The van der Waals surface area contributed by atoms with Crippen molar-refractivity contribution in [2.75, 3.05) is 32.7 Å². The molecule has 4 rings (SSSR count). The molecule has 148 valence electrons. The van der Waals surface area contributed by atoms with Gasteiger partial charge in [-0.2, -0.15) is 0 Å². The molecule has 1 aromatic heterocycles. The molecule has 0 saturated carbocycles. The van der Waals surface area contributed by atoms with E-state index >= 15 is 0 Å². The largest absolute Gasteiger partial charge is 0.346 e. The molecular weight excluding hydrogens is 350 g/mol. The second kappa shape index (κ2) is 8.31. The molecule has 28 heavy (non-hydrogen) atoms. The van der Waals surface area contributed by atoms with Crippen LogP contribution in [0.5, 0.6) is 0 Å². The van der Waals surface area contributed by atoms with Crippen molar-refractivity contribution in [3.05, 3.63) is 59.4 Å². The lowest BCUT2D eigenvalue weighted by atomic mass is 9.89. The Bertz CT molecular complexity index is 835. The molecule has 2 aliphatic rings. The number of amides is 1. The van der Waals surface area contributed by atoms with E-state index in [1.165, 1.54) is 18.4 Å². The molecule has 3 heterocycles. The summed E-state index contributed by atoms with van der Waals surface area (Å²) in [7, 11) is 1.84. The number of nitrogens with zero attached hydrogens (tertiary/aromatic N) is 3. The normalized spacial score (nSPS) is 19.0. The molecule has 1 saturated heterocycles. The maximum atomic E-state index is 12.9. The lowest BCUT2D eigenvalue weighted by Gasteiger charge is -2.32. The smallest absolute Gasteiger partial charge is 0.271 e. The first-order valence-corrected chi connectivity index (χ1v) is 10.4. The summed E-state index contributed by atoms with van der Waals surface area (Å²) < 4.78 is 1.78. The summed E-state index contributed by atoms with van der Waals surface area (Å²) in [4.78, 5) is 29.5. The minimum Gasteiger partial charge on any atom is -0.346 e. The summed E-state index contributed by atoms with van der Waals surface area (Å²) in [5, 5.41) is 0. The van der Waals surface area contributed by atoms with Crippen LogP contribution in [0.3, 0.4) is 0 Å². The van der Waals surface area contributed by atoms with E-state index in [9.17, 15) is 9.59 Å². The molecular formula is C23H29N3O2. The quantitative estimate of drug-likeness (QED) is 0.801. The van der Waals surface area contributed by atoms with E-state index in [0.29, 0.717) is 30.1 Å². The van der Waals surface area contributed by atoms with E-state index in [-0.39, 0.29) is 11.7 Å². The number of aryl methyl sites for hydroxylation is 1. The molecule has 5 nitrogen and oxygen atoms in total. The molecule has 0 aliphatic carbocycles. The lowest BCUT2D eigenvalue weighted by molar-refractivity contribution is 0.0739. The molecule has 2 aliphatic heterocycles. The third-order valence-electron chi connectivity index (χ3n) is 6.23. The first-order valence-electron chi connectivity index (χ1n) is 10.4. The molecule has 0 spiro atoms. The van der Waals surface area contributed by atoms with E-state index < -0.39 is 0 Å². The molecule has 0 unspecified atom stereocenters. The zero-order valence-electron chi connectivity index (χ0n) is 16.6. The van der Waals surface area contributed by atoms with Crippen molar-refractivity contribution < 1.29 is 9.59 Å². The number of piperidine rings is 1. The van der Waals surface area contributed by atoms with E-state index in [2.05, 4.69) is 35.2 Å². The van der Waals surface area contributed by atoms with Crippen LogP contribution in [0.2, 0.25) is 0 Å². The third kappa shape index (κ3) is 3.90. The van der Waals surface area contributed by atoms with Gasteiger partial charge in [0.15, 0.2) is 5.78 Å². The lowest BCUT2D eigenvalue weighted by Crippen LogP contribution is -2.37. The number of rotatable bonds is 5. The van der Waals surface area contributed by atoms with Gasteiger partial charge in [-0.1, -0.05) is 30.3 Å². The van der Waals surface area contributed by atoms with Gasteiger partial charge in [0.2, 0.25) is 0 Å². The average Bonchev–Trinajstić information content (AvgIpc) is 3.07. The third-order valence-corrected chi connectivity index (χ3v) is 6.23. The van der Waals surface area contributed by atoms with Crippen LogP contribution >= 0.6 is 0 Å². The molecule has 1 aromatic carbocycles. The van der Waals surface area contributed by atoms with Gasteiger partial charge in [0.25, 0.3) is 5.91 Å². The minimum absolute atomic E-state index is 0.00358. The number of Topliss-reactive ketones (excluding diaryl/α,β-unsaturated/α-hetero) is 1. The zero-order chi connectivity index (χ0) is 19.5. The summed E-state index contributed by atoms with van der Waals surface area (Å²) in [5.74, 6) is 0.747. The van der Waals surface area contributed by atoms with Crippen LogP contribution in [0.25, 0.3) is 0 Å². The maximum absolute atomic E-state index is 12.9. The fraction of sp³-hybridized carbons (Fsp3) is 0.478. The van der Waals surface area contributed by atoms with Crippen molar-refractivity contribution in [1.82, 2.24) is 14.4 Å². The Balaban J connectivity index is 1.27. The van der Waals surface area contributed by atoms with Crippen LogP contribution in [0.4, 0.5) is 0 Å². The average molecular weight is 380 g/mol. The van der Waals surface area contributed by atoms with E-state index in [1.807, 2.05) is 11.9 Å². The number of hydrogen-bond donors (Lipinski definition) is 0. The molecule has 5 heteroatoms. The van der Waals surface area contributed by atoms with Gasteiger partial charge in [0.1, 0.15) is 5.69 Å². The van der Waals surface area contributed by atoms with Crippen molar-refractivity contribution in [3.63, 3.8) is 0 Å². The Labute approximate surface area is 166 Å². The topological polar surface area (TPSA) is 45.6 Å². The highest BCUT2D eigenvalue weighted by atomic mass is 16.2. The standard InChI is InChI=1S/C23H29N3O2/c1-24-14-10-20-21(27)11-17-26(23(28)22(20)24)13-5-12-25-15-8-19(9-16-25)18-6-3-2-4-7-18/h2-4,6-7,10,14,19H,5,8-9,11-13,15-17H2,1H3. The fourth-order valence-corrected chi connectivity index (χ4v) is 4.56. The fourth-order valence-electron chi connectivity index (χ4n) is 4.56.